The molecule has 1 atom stereocenters. The third-order valence-corrected chi connectivity index (χ3v) is 6.50. The van der Waals surface area contributed by atoms with Gasteiger partial charge in [-0.15, -0.1) is 11.8 Å². The maximum absolute atomic E-state index is 12.6. The van der Waals surface area contributed by atoms with Crippen LogP contribution in [0.3, 0.4) is 0 Å². The van der Waals surface area contributed by atoms with Gasteiger partial charge in [0.05, 0.1) is 6.20 Å². The third-order valence-electron chi connectivity index (χ3n) is 3.55. The molecule has 0 bridgehead atoms. The molecule has 1 heterocycles. The molecule has 0 spiro atoms. The summed E-state index contributed by atoms with van der Waals surface area (Å²) in [4.78, 5) is 11.5. The summed E-state index contributed by atoms with van der Waals surface area (Å²) in [5.41, 5.74) is 1.71. The SMILES string of the molecule is CS/C(=C\C=C\n1cc(C)cn1)S(=O)(=O)NC(Cc1ccccc1)C(=O)O. The van der Waals surface area contributed by atoms with Gasteiger partial charge in [0.2, 0.25) is 10.0 Å². The predicted molar refractivity (Wildman–Crippen MR) is 108 cm³/mol. The summed E-state index contributed by atoms with van der Waals surface area (Å²) in [6, 6.07) is 7.61. The number of carboxylic acid groups (broad SMARTS) is 1. The fourth-order valence-electron chi connectivity index (χ4n) is 2.27. The van der Waals surface area contributed by atoms with Crippen molar-refractivity contribution in [3.63, 3.8) is 0 Å². The summed E-state index contributed by atoms with van der Waals surface area (Å²) in [6.45, 7) is 1.90. The van der Waals surface area contributed by atoms with Crippen molar-refractivity contribution >= 4 is 34.0 Å². The van der Waals surface area contributed by atoms with E-state index in [-0.39, 0.29) is 10.7 Å². The number of allylic oxidation sites excluding steroid dienone is 2. The molecule has 2 rings (SSSR count). The Bertz CT molecular complexity index is 935. The predicted octanol–water partition coefficient (Wildman–Crippen LogP) is 2.48. The van der Waals surface area contributed by atoms with Gasteiger partial charge >= 0.3 is 5.97 Å². The maximum Gasteiger partial charge on any atom is 0.322 e. The minimum absolute atomic E-state index is 0.0157. The van der Waals surface area contributed by atoms with E-state index in [2.05, 4.69) is 9.82 Å². The number of carbonyl (C=O) groups is 1. The van der Waals surface area contributed by atoms with Crippen molar-refractivity contribution in [2.45, 2.75) is 19.4 Å². The number of sulfonamides is 1. The highest BCUT2D eigenvalue weighted by atomic mass is 32.3. The molecule has 27 heavy (non-hydrogen) atoms. The fraction of sp³-hybridized carbons (Fsp3) is 0.222. The van der Waals surface area contributed by atoms with Crippen LogP contribution >= 0.6 is 11.8 Å². The average molecular weight is 408 g/mol. The molecule has 0 aliphatic heterocycles. The van der Waals surface area contributed by atoms with Gasteiger partial charge in [-0.25, -0.2) is 13.1 Å². The van der Waals surface area contributed by atoms with Gasteiger partial charge in [-0.2, -0.15) is 9.82 Å². The number of benzene rings is 1. The highest BCUT2D eigenvalue weighted by Gasteiger charge is 2.26. The van der Waals surface area contributed by atoms with Crippen molar-refractivity contribution in [3.05, 3.63) is 70.2 Å². The van der Waals surface area contributed by atoms with E-state index >= 15 is 0 Å². The van der Waals surface area contributed by atoms with E-state index in [1.165, 1.54) is 6.08 Å². The van der Waals surface area contributed by atoms with Crippen LogP contribution in [0.1, 0.15) is 11.1 Å². The van der Waals surface area contributed by atoms with Gasteiger partial charge < -0.3 is 5.11 Å². The van der Waals surface area contributed by atoms with E-state index in [0.717, 1.165) is 22.9 Å². The first-order valence-electron chi connectivity index (χ1n) is 8.04. The second kappa shape index (κ2) is 9.54. The summed E-state index contributed by atoms with van der Waals surface area (Å²) in [6.07, 6.45) is 9.70. The van der Waals surface area contributed by atoms with Gasteiger partial charge in [-0.05, 0) is 42.9 Å². The zero-order chi connectivity index (χ0) is 19.9. The third kappa shape index (κ3) is 6.38. The van der Waals surface area contributed by atoms with Crippen molar-refractivity contribution in [1.82, 2.24) is 14.5 Å². The van der Waals surface area contributed by atoms with E-state index in [1.54, 1.807) is 59.9 Å². The Labute approximate surface area is 162 Å². The normalized spacial score (nSPS) is 13.8. The number of nitrogens with one attached hydrogen (secondary N) is 1. The molecule has 2 N–H and O–H groups in total. The van der Waals surface area contributed by atoms with Crippen LogP contribution in [-0.4, -0.2) is 41.6 Å². The zero-order valence-corrected chi connectivity index (χ0v) is 16.6. The molecular weight excluding hydrogens is 386 g/mol. The zero-order valence-electron chi connectivity index (χ0n) is 14.9. The van der Waals surface area contributed by atoms with Crippen LogP contribution in [0.2, 0.25) is 0 Å². The number of carboxylic acids is 1. The van der Waals surface area contributed by atoms with Crippen LogP contribution in [0.15, 0.2) is 59.1 Å². The average Bonchev–Trinajstić information content (AvgIpc) is 3.04. The Morgan fingerprint density at radius 1 is 1.37 bits per heavy atom. The maximum atomic E-state index is 12.6. The molecule has 0 radical (unpaired) electrons. The number of hydrogen-bond donors (Lipinski definition) is 2. The molecule has 1 aromatic carbocycles. The van der Waals surface area contributed by atoms with Crippen molar-refractivity contribution in [3.8, 4) is 0 Å². The highest BCUT2D eigenvalue weighted by Crippen LogP contribution is 2.19. The molecule has 0 aliphatic carbocycles. The van der Waals surface area contributed by atoms with Crippen molar-refractivity contribution in [2.24, 2.45) is 0 Å². The molecule has 2 aromatic rings. The summed E-state index contributed by atoms with van der Waals surface area (Å²) in [7, 11) is -3.97. The standard InChI is InChI=1S/C18H21N3O4S2/c1-14-12-19-21(13-14)10-6-9-17(26-2)27(24,25)20-16(18(22)23)11-15-7-4-3-5-8-15/h3-10,12-13,16,20H,11H2,1-2H3,(H,22,23)/b10-6+,17-9+. The second-order valence-electron chi connectivity index (χ2n) is 5.73. The first kappa shape index (κ1) is 20.9. The fourth-order valence-corrected chi connectivity index (χ4v) is 4.44. The first-order valence-corrected chi connectivity index (χ1v) is 10.7. The Hall–Kier alpha value is -2.36. The van der Waals surface area contributed by atoms with Crippen LogP contribution in [0.4, 0.5) is 0 Å². The minimum atomic E-state index is -3.97. The lowest BCUT2D eigenvalue weighted by molar-refractivity contribution is -0.138. The van der Waals surface area contributed by atoms with Crippen molar-refractivity contribution < 1.29 is 18.3 Å². The molecule has 0 fully saturated rings. The lowest BCUT2D eigenvalue weighted by atomic mass is 10.1. The summed E-state index contributed by atoms with van der Waals surface area (Å²) in [5, 5.41) is 13.5. The number of aliphatic carboxylic acids is 1. The topological polar surface area (TPSA) is 101 Å². The molecule has 0 aliphatic rings. The number of nitrogens with zero attached hydrogens (tertiary/aromatic N) is 2. The van der Waals surface area contributed by atoms with Crippen LogP contribution in [-0.2, 0) is 21.2 Å². The number of thioether (sulfide) groups is 1. The second-order valence-corrected chi connectivity index (χ2v) is 8.52. The highest BCUT2D eigenvalue weighted by molar-refractivity contribution is 8.17. The Morgan fingerprint density at radius 2 is 2.07 bits per heavy atom. The molecule has 0 saturated heterocycles. The van der Waals surface area contributed by atoms with Crippen LogP contribution in [0.5, 0.6) is 0 Å². The number of aromatic nitrogens is 2. The van der Waals surface area contributed by atoms with Gasteiger partial charge in [-0.3, -0.25) is 4.79 Å². The van der Waals surface area contributed by atoms with Gasteiger partial charge in [0.1, 0.15) is 10.3 Å². The van der Waals surface area contributed by atoms with E-state index in [1.807, 2.05) is 13.0 Å². The summed E-state index contributed by atoms with van der Waals surface area (Å²) in [5.74, 6) is -1.23. The quantitative estimate of drug-likeness (QED) is 0.619. The molecule has 1 unspecified atom stereocenters. The van der Waals surface area contributed by atoms with Crippen LogP contribution in [0, 0.1) is 6.92 Å². The van der Waals surface area contributed by atoms with Crippen LogP contribution in [0.25, 0.3) is 6.20 Å². The van der Waals surface area contributed by atoms with E-state index in [0.29, 0.717) is 0 Å². The van der Waals surface area contributed by atoms with Gasteiger partial charge in [-0.1, -0.05) is 30.3 Å². The Balaban J connectivity index is 2.15. The molecule has 0 saturated carbocycles. The largest absolute Gasteiger partial charge is 0.480 e. The Kier molecular flexibility index (Phi) is 7.40. The van der Waals surface area contributed by atoms with Gasteiger partial charge in [0.15, 0.2) is 0 Å². The molecule has 0 amide bonds. The molecule has 1 aromatic heterocycles. The summed E-state index contributed by atoms with van der Waals surface area (Å²) >= 11 is 1.01. The van der Waals surface area contributed by atoms with Crippen molar-refractivity contribution in [1.29, 1.82) is 0 Å². The van der Waals surface area contributed by atoms with E-state index in [4.69, 9.17) is 0 Å². The molecule has 9 heteroatoms. The smallest absolute Gasteiger partial charge is 0.322 e. The lowest BCUT2D eigenvalue weighted by Crippen LogP contribution is -2.42. The number of rotatable bonds is 9. The Morgan fingerprint density at radius 3 is 2.63 bits per heavy atom. The van der Waals surface area contributed by atoms with Crippen molar-refractivity contribution in [2.75, 3.05) is 6.26 Å². The lowest BCUT2D eigenvalue weighted by Gasteiger charge is -2.15. The summed E-state index contributed by atoms with van der Waals surface area (Å²) < 4.78 is 29.0. The minimum Gasteiger partial charge on any atom is -0.480 e. The van der Waals surface area contributed by atoms with E-state index < -0.39 is 22.0 Å². The number of aryl methyl sites for hydroxylation is 1. The van der Waals surface area contributed by atoms with Gasteiger partial charge in [0, 0.05) is 12.4 Å². The van der Waals surface area contributed by atoms with E-state index in [9.17, 15) is 18.3 Å². The molecule has 144 valence electrons. The first-order chi connectivity index (χ1) is 12.8. The molecule has 7 nitrogen and oxygen atoms in total. The number of hydrogen-bond acceptors (Lipinski definition) is 5. The molecular formula is C18H21N3O4S2. The van der Waals surface area contributed by atoms with Crippen LogP contribution < -0.4 is 4.72 Å². The monoisotopic (exact) mass is 407 g/mol. The van der Waals surface area contributed by atoms with Gasteiger partial charge in [0.25, 0.3) is 0 Å².